The predicted octanol–water partition coefficient (Wildman–Crippen LogP) is 2.04. The van der Waals surface area contributed by atoms with Crippen LogP contribution in [0.2, 0.25) is 5.28 Å². The number of amides is 1. The molecule has 0 aromatic carbocycles. The van der Waals surface area contributed by atoms with Crippen molar-refractivity contribution in [3.63, 3.8) is 0 Å². The molecule has 0 aliphatic rings. The molecule has 0 fully saturated rings. The van der Waals surface area contributed by atoms with Crippen LogP contribution < -0.4 is 15.8 Å². The van der Waals surface area contributed by atoms with Gasteiger partial charge in [0.25, 0.3) is 5.91 Å². The number of nitrogens with zero attached hydrogens (tertiary/aromatic N) is 2. The van der Waals surface area contributed by atoms with E-state index < -0.39 is 5.91 Å². The number of rotatable bonds is 4. The van der Waals surface area contributed by atoms with E-state index >= 15 is 0 Å². The molecule has 6 nitrogen and oxygen atoms in total. The van der Waals surface area contributed by atoms with E-state index in [1.165, 1.54) is 24.6 Å². The first-order chi connectivity index (χ1) is 8.61. The third-order valence-corrected chi connectivity index (χ3v) is 3.20. The number of nitrogens with two attached hydrogens (primary N) is 1. The fraction of sp³-hybridized carbons (Fsp3) is 0.100. The van der Waals surface area contributed by atoms with Gasteiger partial charge in [0.15, 0.2) is 11.6 Å². The van der Waals surface area contributed by atoms with Gasteiger partial charge in [-0.15, -0.1) is 11.3 Å². The summed E-state index contributed by atoms with van der Waals surface area (Å²) in [4.78, 5) is 19.4. The topological polar surface area (TPSA) is 90.1 Å². The number of aromatic nitrogens is 2. The number of halogens is 1. The van der Waals surface area contributed by atoms with Gasteiger partial charge in [0.05, 0.1) is 19.0 Å². The van der Waals surface area contributed by atoms with Crippen molar-refractivity contribution >= 4 is 40.4 Å². The van der Waals surface area contributed by atoms with Gasteiger partial charge in [0.2, 0.25) is 5.28 Å². The molecule has 3 N–H and O–H groups in total. The standard InChI is InChI=1S/C10H9ClN4O2S/c1-17-6-4-13-10(11)15-9(6)14-5-2-3-18-7(5)8(12)16/h2-4H,1H3,(H2,12,16)(H,13,14,15). The lowest BCUT2D eigenvalue weighted by Crippen LogP contribution is -2.11. The minimum absolute atomic E-state index is 0.0779. The van der Waals surface area contributed by atoms with Gasteiger partial charge in [-0.05, 0) is 23.0 Å². The first kappa shape index (κ1) is 12.6. The Morgan fingerprint density at radius 1 is 1.61 bits per heavy atom. The van der Waals surface area contributed by atoms with Gasteiger partial charge < -0.3 is 15.8 Å². The number of nitrogens with one attached hydrogen (secondary N) is 1. The Morgan fingerprint density at radius 2 is 2.39 bits per heavy atom. The van der Waals surface area contributed by atoms with Gasteiger partial charge in [-0.3, -0.25) is 4.79 Å². The Balaban J connectivity index is 2.36. The normalized spacial score (nSPS) is 10.1. The Labute approximate surface area is 112 Å². The molecule has 2 aromatic heterocycles. The molecule has 94 valence electrons. The SMILES string of the molecule is COc1cnc(Cl)nc1Nc1ccsc1C(N)=O. The second-order valence-electron chi connectivity index (χ2n) is 3.21. The highest BCUT2D eigenvalue weighted by Gasteiger charge is 2.13. The number of ether oxygens (including phenoxy) is 1. The van der Waals surface area contributed by atoms with Crippen LogP contribution >= 0.6 is 22.9 Å². The Hall–Kier alpha value is -1.86. The maximum Gasteiger partial charge on any atom is 0.260 e. The molecule has 0 unspecified atom stereocenters. The highest BCUT2D eigenvalue weighted by atomic mass is 35.5. The Kier molecular flexibility index (Phi) is 3.63. The van der Waals surface area contributed by atoms with Crippen molar-refractivity contribution in [2.75, 3.05) is 12.4 Å². The number of carbonyl (C=O) groups excluding carboxylic acids is 1. The predicted molar refractivity (Wildman–Crippen MR) is 69.7 cm³/mol. The molecule has 0 spiro atoms. The lowest BCUT2D eigenvalue weighted by Gasteiger charge is -2.09. The van der Waals surface area contributed by atoms with Gasteiger partial charge in [0.1, 0.15) is 4.88 Å². The molecule has 0 aliphatic heterocycles. The smallest absolute Gasteiger partial charge is 0.260 e. The van der Waals surface area contributed by atoms with Crippen molar-refractivity contribution in [3.05, 3.63) is 27.8 Å². The van der Waals surface area contributed by atoms with E-state index in [2.05, 4.69) is 15.3 Å². The molecule has 1 amide bonds. The summed E-state index contributed by atoms with van der Waals surface area (Å²) in [5, 5.41) is 4.77. The van der Waals surface area contributed by atoms with Gasteiger partial charge in [-0.2, -0.15) is 4.98 Å². The number of primary amides is 1. The van der Waals surface area contributed by atoms with Gasteiger partial charge in [0, 0.05) is 0 Å². The molecule has 2 aromatic rings. The number of carbonyl (C=O) groups is 1. The molecule has 18 heavy (non-hydrogen) atoms. The zero-order chi connectivity index (χ0) is 13.1. The molecule has 0 saturated heterocycles. The molecule has 0 bridgehead atoms. The average molecular weight is 285 g/mol. The second kappa shape index (κ2) is 5.19. The van der Waals surface area contributed by atoms with Gasteiger partial charge in [-0.25, -0.2) is 4.98 Å². The summed E-state index contributed by atoms with van der Waals surface area (Å²) < 4.78 is 5.09. The third-order valence-electron chi connectivity index (χ3n) is 2.09. The average Bonchev–Trinajstić information content (AvgIpc) is 2.77. The maximum absolute atomic E-state index is 11.2. The van der Waals surface area contributed by atoms with Crippen LogP contribution in [0.1, 0.15) is 9.67 Å². The van der Waals surface area contributed by atoms with Gasteiger partial charge in [-0.1, -0.05) is 0 Å². The van der Waals surface area contributed by atoms with Crippen molar-refractivity contribution in [1.82, 2.24) is 9.97 Å². The molecule has 0 saturated carbocycles. The largest absolute Gasteiger partial charge is 0.491 e. The van der Waals surface area contributed by atoms with Crippen LogP contribution in [0.25, 0.3) is 0 Å². The van der Waals surface area contributed by atoms with Crippen LogP contribution in [-0.2, 0) is 0 Å². The van der Waals surface area contributed by atoms with Crippen LogP contribution in [0.5, 0.6) is 5.75 Å². The van der Waals surface area contributed by atoms with Gasteiger partial charge >= 0.3 is 0 Å². The zero-order valence-electron chi connectivity index (χ0n) is 9.31. The summed E-state index contributed by atoms with van der Waals surface area (Å²) in [5.41, 5.74) is 5.81. The van der Waals surface area contributed by atoms with Crippen molar-refractivity contribution in [2.24, 2.45) is 5.73 Å². The lowest BCUT2D eigenvalue weighted by molar-refractivity contribution is 0.100. The minimum atomic E-state index is -0.508. The number of thiophene rings is 1. The van der Waals surface area contributed by atoms with E-state index in [4.69, 9.17) is 22.1 Å². The quantitative estimate of drug-likeness (QED) is 0.839. The van der Waals surface area contributed by atoms with E-state index in [1.807, 2.05) is 0 Å². The molecule has 2 heterocycles. The molecular weight excluding hydrogens is 276 g/mol. The number of anilines is 2. The van der Waals surface area contributed by atoms with E-state index in [0.717, 1.165) is 0 Å². The third kappa shape index (κ3) is 2.52. The molecule has 0 atom stereocenters. The van der Waals surface area contributed by atoms with Crippen LogP contribution in [-0.4, -0.2) is 23.0 Å². The summed E-state index contributed by atoms with van der Waals surface area (Å²) in [6, 6.07) is 1.72. The van der Waals surface area contributed by atoms with E-state index in [9.17, 15) is 4.79 Å². The molecule has 0 radical (unpaired) electrons. The number of hydrogen-bond donors (Lipinski definition) is 2. The molecule has 2 rings (SSSR count). The maximum atomic E-state index is 11.2. The summed E-state index contributed by atoms with van der Waals surface area (Å²) in [5.74, 6) is 0.283. The summed E-state index contributed by atoms with van der Waals surface area (Å²) >= 11 is 6.95. The fourth-order valence-corrected chi connectivity index (χ4v) is 2.15. The summed E-state index contributed by atoms with van der Waals surface area (Å²) in [6.45, 7) is 0. The van der Waals surface area contributed by atoms with E-state index in [1.54, 1.807) is 11.4 Å². The molecule has 0 aliphatic carbocycles. The van der Waals surface area contributed by atoms with Crippen LogP contribution in [0.4, 0.5) is 11.5 Å². The molecular formula is C10H9ClN4O2S. The molecule has 8 heteroatoms. The number of methoxy groups -OCH3 is 1. The van der Waals surface area contributed by atoms with Crippen molar-refractivity contribution in [2.45, 2.75) is 0 Å². The number of hydrogen-bond acceptors (Lipinski definition) is 6. The monoisotopic (exact) mass is 284 g/mol. The zero-order valence-corrected chi connectivity index (χ0v) is 10.9. The summed E-state index contributed by atoms with van der Waals surface area (Å²) in [6.07, 6.45) is 1.44. The van der Waals surface area contributed by atoms with E-state index in [0.29, 0.717) is 22.1 Å². The van der Waals surface area contributed by atoms with Crippen LogP contribution in [0, 0.1) is 0 Å². The van der Waals surface area contributed by atoms with Crippen LogP contribution in [0.3, 0.4) is 0 Å². The van der Waals surface area contributed by atoms with Crippen LogP contribution in [0.15, 0.2) is 17.6 Å². The first-order valence-corrected chi connectivity index (χ1v) is 6.08. The van der Waals surface area contributed by atoms with Crippen molar-refractivity contribution < 1.29 is 9.53 Å². The van der Waals surface area contributed by atoms with Crippen molar-refractivity contribution in [3.8, 4) is 5.75 Å². The highest BCUT2D eigenvalue weighted by molar-refractivity contribution is 7.12. The van der Waals surface area contributed by atoms with E-state index in [-0.39, 0.29) is 5.28 Å². The lowest BCUT2D eigenvalue weighted by atomic mass is 10.3. The van der Waals surface area contributed by atoms with Crippen molar-refractivity contribution in [1.29, 1.82) is 0 Å². The summed E-state index contributed by atoms with van der Waals surface area (Å²) in [7, 11) is 1.49. The first-order valence-electron chi connectivity index (χ1n) is 4.82. The Bertz CT molecular complexity index is 587. The fourth-order valence-electron chi connectivity index (χ4n) is 1.31. The highest BCUT2D eigenvalue weighted by Crippen LogP contribution is 2.29. The minimum Gasteiger partial charge on any atom is -0.491 e. The Morgan fingerprint density at radius 3 is 3.06 bits per heavy atom. The second-order valence-corrected chi connectivity index (χ2v) is 4.46.